The monoisotopic (exact) mass is 279 g/mol. The molecule has 3 amide bonds. The summed E-state index contributed by atoms with van der Waals surface area (Å²) in [6, 6.07) is 0.355. The Morgan fingerprint density at radius 3 is 2.60 bits per heavy atom. The van der Waals surface area contributed by atoms with Crippen molar-refractivity contribution < 1.29 is 9.59 Å². The zero-order chi connectivity index (χ0) is 13.9. The highest BCUT2D eigenvalue weighted by molar-refractivity contribution is 5.96. The number of carbonyl (C=O) groups is 2. The Morgan fingerprint density at radius 2 is 1.90 bits per heavy atom. The van der Waals surface area contributed by atoms with E-state index in [-0.39, 0.29) is 11.9 Å². The maximum atomic E-state index is 12.3. The number of carbonyl (C=O) groups excluding carboxylic acids is 2. The van der Waals surface area contributed by atoms with Crippen LogP contribution in [0.3, 0.4) is 0 Å². The van der Waals surface area contributed by atoms with Crippen molar-refractivity contribution in [3.05, 3.63) is 0 Å². The van der Waals surface area contributed by atoms with Gasteiger partial charge in [-0.25, -0.2) is 4.79 Å². The van der Waals surface area contributed by atoms with Gasteiger partial charge in [-0.15, -0.1) is 0 Å². The first kappa shape index (κ1) is 13.9. The van der Waals surface area contributed by atoms with Crippen LogP contribution in [0.4, 0.5) is 4.79 Å². The molecule has 0 aromatic heterocycles. The molecular formula is C15H25N3O2. The van der Waals surface area contributed by atoms with Gasteiger partial charge in [-0.1, -0.05) is 19.3 Å². The van der Waals surface area contributed by atoms with Crippen LogP contribution in [0, 0.1) is 5.92 Å². The molecule has 3 fully saturated rings. The Hall–Kier alpha value is -1.10. The second-order valence-corrected chi connectivity index (χ2v) is 6.36. The average molecular weight is 279 g/mol. The predicted molar refractivity (Wildman–Crippen MR) is 76.3 cm³/mol. The summed E-state index contributed by atoms with van der Waals surface area (Å²) < 4.78 is 0. The quantitative estimate of drug-likeness (QED) is 0.853. The van der Waals surface area contributed by atoms with Gasteiger partial charge in [0.1, 0.15) is 0 Å². The Labute approximate surface area is 120 Å². The summed E-state index contributed by atoms with van der Waals surface area (Å²) >= 11 is 0. The summed E-state index contributed by atoms with van der Waals surface area (Å²) in [5.74, 6) is 0.745. The van der Waals surface area contributed by atoms with Gasteiger partial charge < -0.3 is 5.32 Å². The van der Waals surface area contributed by atoms with E-state index >= 15 is 0 Å². The maximum absolute atomic E-state index is 12.3. The van der Waals surface area contributed by atoms with Crippen molar-refractivity contribution in [3.63, 3.8) is 0 Å². The highest BCUT2D eigenvalue weighted by Crippen LogP contribution is 2.34. The first-order valence-corrected chi connectivity index (χ1v) is 8.08. The Kier molecular flexibility index (Phi) is 4.24. The van der Waals surface area contributed by atoms with E-state index in [4.69, 9.17) is 0 Å². The first-order valence-electron chi connectivity index (χ1n) is 8.08. The fourth-order valence-corrected chi connectivity index (χ4v) is 4.07. The van der Waals surface area contributed by atoms with Gasteiger partial charge >= 0.3 is 6.03 Å². The highest BCUT2D eigenvalue weighted by atomic mass is 16.2. The molecule has 0 radical (unpaired) electrons. The number of amides is 3. The number of nitrogens with zero attached hydrogens (tertiary/aromatic N) is 2. The Bertz CT molecular complexity index is 379. The van der Waals surface area contributed by atoms with E-state index in [1.165, 1.54) is 49.8 Å². The summed E-state index contributed by atoms with van der Waals surface area (Å²) in [4.78, 5) is 27.5. The van der Waals surface area contributed by atoms with Crippen molar-refractivity contribution in [1.82, 2.24) is 15.1 Å². The van der Waals surface area contributed by atoms with Gasteiger partial charge in [0.2, 0.25) is 5.91 Å². The van der Waals surface area contributed by atoms with Crippen LogP contribution in [0.2, 0.25) is 0 Å². The first-order chi connectivity index (χ1) is 9.75. The van der Waals surface area contributed by atoms with Crippen molar-refractivity contribution in [3.8, 4) is 0 Å². The molecule has 0 aromatic rings. The minimum atomic E-state index is -0.219. The second-order valence-electron chi connectivity index (χ2n) is 6.36. The van der Waals surface area contributed by atoms with Crippen LogP contribution >= 0.6 is 0 Å². The molecule has 0 spiro atoms. The molecule has 5 heteroatoms. The maximum Gasteiger partial charge on any atom is 0.324 e. The van der Waals surface area contributed by atoms with Crippen molar-refractivity contribution >= 4 is 11.9 Å². The van der Waals surface area contributed by atoms with Crippen LogP contribution in [0.15, 0.2) is 0 Å². The molecule has 112 valence electrons. The average Bonchev–Trinajstić information content (AvgIpc) is 3.08. The van der Waals surface area contributed by atoms with E-state index in [0.717, 1.165) is 12.5 Å². The van der Waals surface area contributed by atoms with Crippen LogP contribution in [0.25, 0.3) is 0 Å². The zero-order valence-corrected chi connectivity index (χ0v) is 12.1. The van der Waals surface area contributed by atoms with E-state index in [1.807, 2.05) is 0 Å². The molecule has 3 aliphatic rings. The van der Waals surface area contributed by atoms with Gasteiger partial charge in [0, 0.05) is 19.1 Å². The van der Waals surface area contributed by atoms with Crippen molar-refractivity contribution in [2.75, 3.05) is 26.2 Å². The van der Waals surface area contributed by atoms with Crippen LogP contribution in [-0.4, -0.2) is 54.0 Å². The molecule has 1 saturated carbocycles. The number of rotatable bonds is 3. The lowest BCUT2D eigenvalue weighted by atomic mass is 9.83. The third-order valence-corrected chi connectivity index (χ3v) is 5.10. The van der Waals surface area contributed by atoms with Gasteiger partial charge in [0.15, 0.2) is 0 Å². The smallest absolute Gasteiger partial charge is 0.324 e. The molecule has 0 aromatic carbocycles. The Morgan fingerprint density at radius 1 is 1.10 bits per heavy atom. The molecule has 2 heterocycles. The number of urea groups is 1. The van der Waals surface area contributed by atoms with Crippen molar-refractivity contribution in [2.24, 2.45) is 5.92 Å². The van der Waals surface area contributed by atoms with Gasteiger partial charge in [-0.2, -0.15) is 0 Å². The van der Waals surface area contributed by atoms with Gasteiger partial charge in [-0.05, 0) is 38.1 Å². The number of likely N-dealkylation sites (tertiary alicyclic amines) is 1. The van der Waals surface area contributed by atoms with Crippen LogP contribution in [0.5, 0.6) is 0 Å². The standard InChI is InChI=1S/C15H25N3O2/c19-14(18-10-8-16-15(18)20)11-17-9-4-7-13(17)12-5-2-1-3-6-12/h12-13H,1-11H2,(H,16,20)/t13-/m1/s1. The SMILES string of the molecule is O=C(CN1CCC[C@@H]1C1CCCCC1)N1CCNC1=O. The lowest BCUT2D eigenvalue weighted by molar-refractivity contribution is -0.129. The number of hydrogen-bond donors (Lipinski definition) is 1. The molecule has 1 N–H and O–H groups in total. The summed E-state index contributed by atoms with van der Waals surface area (Å²) in [7, 11) is 0. The minimum Gasteiger partial charge on any atom is -0.336 e. The molecule has 2 saturated heterocycles. The topological polar surface area (TPSA) is 52.7 Å². The number of imide groups is 1. The fourth-order valence-electron chi connectivity index (χ4n) is 4.07. The van der Waals surface area contributed by atoms with E-state index < -0.39 is 0 Å². The van der Waals surface area contributed by atoms with Crippen molar-refractivity contribution in [1.29, 1.82) is 0 Å². The molecule has 1 atom stereocenters. The molecule has 5 nitrogen and oxygen atoms in total. The summed E-state index contributed by atoms with van der Waals surface area (Å²) in [6.07, 6.45) is 9.12. The fraction of sp³-hybridized carbons (Fsp3) is 0.867. The van der Waals surface area contributed by atoms with Crippen LogP contribution in [-0.2, 0) is 4.79 Å². The molecule has 20 heavy (non-hydrogen) atoms. The normalized spacial score (nSPS) is 28.9. The molecule has 2 aliphatic heterocycles. The lowest BCUT2D eigenvalue weighted by Gasteiger charge is -2.34. The number of hydrogen-bond acceptors (Lipinski definition) is 3. The summed E-state index contributed by atoms with van der Waals surface area (Å²) in [6.45, 7) is 2.56. The molecular weight excluding hydrogens is 254 g/mol. The van der Waals surface area contributed by atoms with Crippen molar-refractivity contribution in [2.45, 2.75) is 51.0 Å². The molecule has 0 unspecified atom stereocenters. The Balaban J connectivity index is 1.58. The van der Waals surface area contributed by atoms with Crippen LogP contribution in [0.1, 0.15) is 44.9 Å². The minimum absolute atomic E-state index is 0.0253. The third kappa shape index (κ3) is 2.82. The van der Waals surface area contributed by atoms with Gasteiger partial charge in [-0.3, -0.25) is 14.6 Å². The van der Waals surface area contributed by atoms with E-state index in [2.05, 4.69) is 10.2 Å². The zero-order valence-electron chi connectivity index (χ0n) is 12.1. The van der Waals surface area contributed by atoms with E-state index in [0.29, 0.717) is 25.7 Å². The van der Waals surface area contributed by atoms with Gasteiger partial charge in [0.25, 0.3) is 0 Å². The third-order valence-electron chi connectivity index (χ3n) is 5.10. The highest BCUT2D eigenvalue weighted by Gasteiger charge is 2.35. The lowest BCUT2D eigenvalue weighted by Crippen LogP contribution is -2.45. The molecule has 3 rings (SSSR count). The number of nitrogens with one attached hydrogen (secondary N) is 1. The molecule has 0 bridgehead atoms. The largest absolute Gasteiger partial charge is 0.336 e. The molecule has 1 aliphatic carbocycles. The summed E-state index contributed by atoms with van der Waals surface area (Å²) in [5, 5.41) is 2.70. The predicted octanol–water partition coefficient (Wildman–Crippen LogP) is 1.58. The van der Waals surface area contributed by atoms with E-state index in [1.54, 1.807) is 0 Å². The van der Waals surface area contributed by atoms with Gasteiger partial charge in [0.05, 0.1) is 6.54 Å². The van der Waals surface area contributed by atoms with Crippen LogP contribution < -0.4 is 5.32 Å². The second kappa shape index (κ2) is 6.12. The summed E-state index contributed by atoms with van der Waals surface area (Å²) in [5.41, 5.74) is 0. The van der Waals surface area contributed by atoms with E-state index in [9.17, 15) is 9.59 Å².